The summed E-state index contributed by atoms with van der Waals surface area (Å²) in [5.41, 5.74) is 7.00. The highest BCUT2D eigenvalue weighted by atomic mass is 19.1. The van der Waals surface area contributed by atoms with Gasteiger partial charge in [-0.3, -0.25) is 0 Å². The molecule has 0 aliphatic heterocycles. The second kappa shape index (κ2) is 7.33. The molecule has 0 amide bonds. The summed E-state index contributed by atoms with van der Waals surface area (Å²) < 4.78 is 18.6. The van der Waals surface area contributed by atoms with Crippen LogP contribution in [0.1, 0.15) is 20.3 Å². The molecule has 1 unspecified atom stereocenters. The zero-order valence-electron chi connectivity index (χ0n) is 13.0. The van der Waals surface area contributed by atoms with E-state index in [2.05, 4.69) is 24.1 Å². The SMILES string of the molecule is COc1cc(NC(CC(C)C)CN(C)C)c(N)cc1F. The summed E-state index contributed by atoms with van der Waals surface area (Å²) in [5, 5.41) is 3.40. The van der Waals surface area contributed by atoms with Gasteiger partial charge < -0.3 is 20.7 Å². The van der Waals surface area contributed by atoms with E-state index in [-0.39, 0.29) is 11.8 Å². The lowest BCUT2D eigenvalue weighted by Gasteiger charge is -2.26. The minimum atomic E-state index is -0.441. The molecule has 1 aromatic carbocycles. The Bertz CT molecular complexity index is 425. The van der Waals surface area contributed by atoms with E-state index in [0.717, 1.165) is 18.7 Å². The predicted octanol–water partition coefficient (Wildman–Crippen LogP) is 2.80. The van der Waals surface area contributed by atoms with Crippen LogP contribution in [0.5, 0.6) is 5.75 Å². The third-order valence-electron chi connectivity index (χ3n) is 3.03. The van der Waals surface area contributed by atoms with Gasteiger partial charge in [-0.25, -0.2) is 4.39 Å². The number of ether oxygens (including phenoxy) is 1. The molecule has 0 saturated carbocycles. The van der Waals surface area contributed by atoms with Crippen LogP contribution in [-0.2, 0) is 0 Å². The average molecular weight is 283 g/mol. The number of hydrogen-bond donors (Lipinski definition) is 2. The molecule has 3 N–H and O–H groups in total. The topological polar surface area (TPSA) is 50.5 Å². The molecule has 0 bridgehead atoms. The van der Waals surface area contributed by atoms with E-state index in [1.807, 2.05) is 14.1 Å². The normalized spacial score (nSPS) is 12.8. The van der Waals surface area contributed by atoms with Gasteiger partial charge in [-0.05, 0) is 26.4 Å². The van der Waals surface area contributed by atoms with Crippen LogP contribution < -0.4 is 15.8 Å². The van der Waals surface area contributed by atoms with Crippen LogP contribution in [0.25, 0.3) is 0 Å². The van der Waals surface area contributed by atoms with Crippen LogP contribution in [0.15, 0.2) is 12.1 Å². The highest BCUT2D eigenvalue weighted by Gasteiger charge is 2.15. The monoisotopic (exact) mass is 283 g/mol. The van der Waals surface area contributed by atoms with Crippen molar-refractivity contribution in [2.24, 2.45) is 5.92 Å². The van der Waals surface area contributed by atoms with Crippen molar-refractivity contribution in [3.05, 3.63) is 17.9 Å². The Morgan fingerprint density at radius 2 is 2.00 bits per heavy atom. The first-order valence-corrected chi connectivity index (χ1v) is 6.87. The van der Waals surface area contributed by atoms with Crippen molar-refractivity contribution in [1.29, 1.82) is 0 Å². The van der Waals surface area contributed by atoms with E-state index in [1.54, 1.807) is 6.07 Å². The maximum atomic E-state index is 13.5. The quantitative estimate of drug-likeness (QED) is 0.756. The smallest absolute Gasteiger partial charge is 0.167 e. The molecule has 5 heteroatoms. The first-order chi connectivity index (χ1) is 9.33. The van der Waals surface area contributed by atoms with Gasteiger partial charge >= 0.3 is 0 Å². The van der Waals surface area contributed by atoms with E-state index in [4.69, 9.17) is 10.5 Å². The van der Waals surface area contributed by atoms with Crippen molar-refractivity contribution in [3.8, 4) is 5.75 Å². The summed E-state index contributed by atoms with van der Waals surface area (Å²) in [6.07, 6.45) is 1.01. The molecule has 114 valence electrons. The van der Waals surface area contributed by atoms with Gasteiger partial charge in [0.05, 0.1) is 18.5 Å². The molecule has 0 aliphatic rings. The molecule has 0 fully saturated rings. The fourth-order valence-corrected chi connectivity index (χ4v) is 2.26. The number of methoxy groups -OCH3 is 1. The number of benzene rings is 1. The maximum Gasteiger partial charge on any atom is 0.167 e. The molecule has 0 aromatic heterocycles. The van der Waals surface area contributed by atoms with E-state index in [1.165, 1.54) is 13.2 Å². The molecule has 0 heterocycles. The highest BCUT2D eigenvalue weighted by Crippen LogP contribution is 2.29. The minimum Gasteiger partial charge on any atom is -0.494 e. The van der Waals surface area contributed by atoms with Gasteiger partial charge in [0.25, 0.3) is 0 Å². The van der Waals surface area contributed by atoms with E-state index < -0.39 is 5.82 Å². The number of nitrogen functional groups attached to an aromatic ring is 1. The van der Waals surface area contributed by atoms with Crippen LogP contribution >= 0.6 is 0 Å². The Kier molecular flexibility index (Phi) is 6.07. The molecular weight excluding hydrogens is 257 g/mol. The van der Waals surface area contributed by atoms with Crippen molar-refractivity contribution in [1.82, 2.24) is 4.90 Å². The Balaban J connectivity index is 2.91. The minimum absolute atomic E-state index is 0.204. The van der Waals surface area contributed by atoms with Gasteiger partial charge in [0.2, 0.25) is 0 Å². The number of nitrogens with one attached hydrogen (secondary N) is 1. The molecule has 20 heavy (non-hydrogen) atoms. The Hall–Kier alpha value is -1.49. The van der Waals surface area contributed by atoms with Gasteiger partial charge in [0.1, 0.15) is 0 Å². The lowest BCUT2D eigenvalue weighted by atomic mass is 10.0. The number of anilines is 2. The molecule has 1 rings (SSSR count). The number of hydrogen-bond acceptors (Lipinski definition) is 4. The van der Waals surface area contributed by atoms with Crippen molar-refractivity contribution in [2.45, 2.75) is 26.3 Å². The summed E-state index contributed by atoms with van der Waals surface area (Å²) in [7, 11) is 5.51. The second-order valence-electron chi connectivity index (χ2n) is 5.81. The molecule has 1 aromatic rings. The molecule has 0 aliphatic carbocycles. The lowest BCUT2D eigenvalue weighted by Crippen LogP contribution is -2.33. The number of nitrogens with zero attached hydrogens (tertiary/aromatic N) is 1. The summed E-state index contributed by atoms with van der Waals surface area (Å²) in [4.78, 5) is 2.12. The largest absolute Gasteiger partial charge is 0.494 e. The number of likely N-dealkylation sites (N-methyl/N-ethyl adjacent to an activating group) is 1. The third-order valence-corrected chi connectivity index (χ3v) is 3.03. The Morgan fingerprint density at radius 3 is 2.50 bits per heavy atom. The van der Waals surface area contributed by atoms with Crippen LogP contribution in [0.2, 0.25) is 0 Å². The maximum absolute atomic E-state index is 13.5. The van der Waals surface area contributed by atoms with Gasteiger partial charge in [-0.15, -0.1) is 0 Å². The van der Waals surface area contributed by atoms with Crippen LogP contribution in [0.3, 0.4) is 0 Å². The zero-order valence-corrected chi connectivity index (χ0v) is 13.0. The summed E-state index contributed by atoms with van der Waals surface area (Å²) in [6, 6.07) is 3.17. The van der Waals surface area contributed by atoms with Crippen molar-refractivity contribution in [3.63, 3.8) is 0 Å². The average Bonchev–Trinajstić information content (AvgIpc) is 2.30. The molecule has 0 radical (unpaired) electrons. The van der Waals surface area contributed by atoms with Crippen molar-refractivity contribution < 1.29 is 9.13 Å². The van der Waals surface area contributed by atoms with Gasteiger partial charge in [0, 0.05) is 24.7 Å². The van der Waals surface area contributed by atoms with Crippen LogP contribution in [0, 0.1) is 11.7 Å². The van der Waals surface area contributed by atoms with Crippen molar-refractivity contribution in [2.75, 3.05) is 38.8 Å². The fourth-order valence-electron chi connectivity index (χ4n) is 2.26. The first-order valence-electron chi connectivity index (χ1n) is 6.87. The van der Waals surface area contributed by atoms with E-state index in [9.17, 15) is 4.39 Å². The zero-order chi connectivity index (χ0) is 15.3. The fraction of sp³-hybridized carbons (Fsp3) is 0.600. The summed E-state index contributed by atoms with van der Waals surface area (Å²) >= 11 is 0. The van der Waals surface area contributed by atoms with Crippen LogP contribution in [-0.4, -0.2) is 38.7 Å². The highest BCUT2D eigenvalue weighted by molar-refractivity contribution is 5.69. The molecule has 0 saturated heterocycles. The standard InChI is InChI=1S/C15H26FN3O/c1-10(2)6-11(9-19(3)4)18-14-8-15(20-5)12(16)7-13(14)17/h7-8,10-11,18H,6,9,17H2,1-5H3. The Labute approximate surface area is 121 Å². The summed E-state index contributed by atoms with van der Waals surface area (Å²) in [6.45, 7) is 5.25. The summed E-state index contributed by atoms with van der Waals surface area (Å²) in [5.74, 6) is 0.328. The predicted molar refractivity (Wildman–Crippen MR) is 82.8 cm³/mol. The molecule has 1 atom stereocenters. The third kappa shape index (κ3) is 4.89. The van der Waals surface area contributed by atoms with Crippen molar-refractivity contribution >= 4 is 11.4 Å². The van der Waals surface area contributed by atoms with E-state index >= 15 is 0 Å². The molecule has 0 spiro atoms. The molecular formula is C15H26FN3O. The number of halogens is 1. The van der Waals surface area contributed by atoms with Gasteiger partial charge in [-0.2, -0.15) is 0 Å². The van der Waals surface area contributed by atoms with Gasteiger partial charge in [0.15, 0.2) is 11.6 Å². The molecule has 4 nitrogen and oxygen atoms in total. The number of nitrogens with two attached hydrogens (primary N) is 1. The Morgan fingerprint density at radius 1 is 1.35 bits per heavy atom. The second-order valence-corrected chi connectivity index (χ2v) is 5.81. The lowest BCUT2D eigenvalue weighted by molar-refractivity contribution is 0.356. The number of rotatable bonds is 7. The first kappa shape index (κ1) is 16.6. The van der Waals surface area contributed by atoms with Crippen LogP contribution in [0.4, 0.5) is 15.8 Å². The van der Waals surface area contributed by atoms with Gasteiger partial charge in [-0.1, -0.05) is 13.8 Å². The van der Waals surface area contributed by atoms with E-state index in [0.29, 0.717) is 11.6 Å².